The van der Waals surface area contributed by atoms with E-state index in [0.29, 0.717) is 11.5 Å². The zero-order valence-electron chi connectivity index (χ0n) is 14.9. The molecule has 1 aliphatic carbocycles. The summed E-state index contributed by atoms with van der Waals surface area (Å²) in [5, 5.41) is 18.8. The van der Waals surface area contributed by atoms with Crippen molar-refractivity contribution in [1.29, 1.82) is 0 Å². The maximum Gasteiger partial charge on any atom is 0.328 e. The molecule has 3 heteroatoms. The van der Waals surface area contributed by atoms with Crippen LogP contribution in [0.5, 0.6) is 0 Å². The van der Waals surface area contributed by atoms with Crippen molar-refractivity contribution in [3.05, 3.63) is 47.6 Å². The molecule has 0 aromatic rings. The van der Waals surface area contributed by atoms with Crippen LogP contribution in [0.1, 0.15) is 47.5 Å². The summed E-state index contributed by atoms with van der Waals surface area (Å²) in [6.45, 7) is 10.4. The molecule has 0 heterocycles. The molecule has 23 heavy (non-hydrogen) atoms. The van der Waals surface area contributed by atoms with Crippen LogP contribution in [-0.2, 0) is 4.79 Å². The number of aliphatic carboxylic acids is 1. The molecular weight excluding hydrogens is 288 g/mol. The van der Waals surface area contributed by atoms with E-state index in [1.807, 2.05) is 19.1 Å². The van der Waals surface area contributed by atoms with Gasteiger partial charge < -0.3 is 10.2 Å². The fourth-order valence-corrected chi connectivity index (χ4v) is 3.24. The molecule has 1 saturated carbocycles. The summed E-state index contributed by atoms with van der Waals surface area (Å²) in [6, 6.07) is 0. The van der Waals surface area contributed by atoms with Crippen LogP contribution in [0.25, 0.3) is 0 Å². The third-order valence-electron chi connectivity index (χ3n) is 4.80. The molecule has 1 rings (SSSR count). The number of rotatable bonds is 5. The second-order valence-electron chi connectivity index (χ2n) is 7.34. The number of carboxylic acid groups (broad SMARTS) is 1. The summed E-state index contributed by atoms with van der Waals surface area (Å²) in [6.07, 6.45) is 12.8. The van der Waals surface area contributed by atoms with E-state index in [0.717, 1.165) is 18.4 Å². The minimum absolute atomic E-state index is 0.200. The molecule has 0 aliphatic heterocycles. The summed E-state index contributed by atoms with van der Waals surface area (Å²) in [7, 11) is 0. The van der Waals surface area contributed by atoms with Crippen molar-refractivity contribution >= 4 is 5.97 Å². The largest absolute Gasteiger partial charge is 0.478 e. The molecule has 0 spiro atoms. The first-order valence-electron chi connectivity index (χ1n) is 8.26. The number of carboxylic acids is 1. The number of hydrogen-bond donors (Lipinski definition) is 2. The monoisotopic (exact) mass is 318 g/mol. The van der Waals surface area contributed by atoms with E-state index in [-0.39, 0.29) is 17.4 Å². The molecule has 0 aromatic heterocycles. The van der Waals surface area contributed by atoms with Crippen LogP contribution in [-0.4, -0.2) is 22.3 Å². The van der Waals surface area contributed by atoms with E-state index in [1.54, 1.807) is 13.0 Å². The highest BCUT2D eigenvalue weighted by atomic mass is 16.4. The van der Waals surface area contributed by atoms with Crippen LogP contribution in [0.15, 0.2) is 47.6 Å². The summed E-state index contributed by atoms with van der Waals surface area (Å²) in [5.41, 5.74) is 2.01. The quantitative estimate of drug-likeness (QED) is 0.579. The topological polar surface area (TPSA) is 57.5 Å². The summed E-state index contributed by atoms with van der Waals surface area (Å²) >= 11 is 0. The van der Waals surface area contributed by atoms with Gasteiger partial charge in [0.05, 0.1) is 6.10 Å². The first-order valence-corrected chi connectivity index (χ1v) is 8.26. The minimum Gasteiger partial charge on any atom is -0.478 e. The van der Waals surface area contributed by atoms with Crippen molar-refractivity contribution in [2.75, 3.05) is 0 Å². The Kier molecular flexibility index (Phi) is 7.01. The average Bonchev–Trinajstić information content (AvgIpc) is 2.42. The van der Waals surface area contributed by atoms with Crippen LogP contribution < -0.4 is 0 Å². The van der Waals surface area contributed by atoms with Crippen LogP contribution in [0.4, 0.5) is 0 Å². The van der Waals surface area contributed by atoms with Gasteiger partial charge in [-0.25, -0.2) is 4.79 Å². The Morgan fingerprint density at radius 2 is 1.83 bits per heavy atom. The Balaban J connectivity index is 2.76. The van der Waals surface area contributed by atoms with Crippen LogP contribution in [0.2, 0.25) is 0 Å². The molecule has 2 N–H and O–H groups in total. The van der Waals surface area contributed by atoms with Gasteiger partial charge in [-0.1, -0.05) is 56.7 Å². The van der Waals surface area contributed by atoms with E-state index in [9.17, 15) is 9.90 Å². The van der Waals surface area contributed by atoms with Crippen LogP contribution >= 0.6 is 0 Å². The summed E-state index contributed by atoms with van der Waals surface area (Å²) in [5.74, 6) is -0.314. The lowest BCUT2D eigenvalue weighted by molar-refractivity contribution is -0.131. The van der Waals surface area contributed by atoms with Crippen molar-refractivity contribution in [3.8, 4) is 0 Å². The maximum atomic E-state index is 10.5. The zero-order chi connectivity index (χ0) is 17.6. The van der Waals surface area contributed by atoms with Crippen molar-refractivity contribution in [2.24, 2.45) is 17.3 Å². The third-order valence-corrected chi connectivity index (χ3v) is 4.80. The van der Waals surface area contributed by atoms with E-state index in [1.165, 1.54) is 6.08 Å². The molecular formula is C20H30O3. The van der Waals surface area contributed by atoms with Gasteiger partial charge in [-0.15, -0.1) is 0 Å². The lowest BCUT2D eigenvalue weighted by atomic mass is 9.63. The van der Waals surface area contributed by atoms with Gasteiger partial charge in [0.25, 0.3) is 0 Å². The van der Waals surface area contributed by atoms with E-state index >= 15 is 0 Å². The molecule has 3 unspecified atom stereocenters. The van der Waals surface area contributed by atoms with Gasteiger partial charge in [-0.3, -0.25) is 0 Å². The fourth-order valence-electron chi connectivity index (χ4n) is 3.24. The molecule has 1 fully saturated rings. The molecule has 1 aliphatic rings. The molecule has 3 nitrogen and oxygen atoms in total. The molecule has 0 aromatic carbocycles. The number of carbonyl (C=O) groups is 1. The van der Waals surface area contributed by atoms with Crippen molar-refractivity contribution in [1.82, 2.24) is 0 Å². The Hall–Kier alpha value is -1.61. The first-order chi connectivity index (χ1) is 10.6. The molecule has 0 radical (unpaired) electrons. The number of allylic oxidation sites excluding steroid dienone is 7. The predicted octanol–water partition coefficient (Wildman–Crippen LogP) is 4.51. The average molecular weight is 318 g/mol. The zero-order valence-corrected chi connectivity index (χ0v) is 14.9. The van der Waals surface area contributed by atoms with E-state index in [4.69, 9.17) is 5.11 Å². The molecule has 0 saturated heterocycles. The summed E-state index contributed by atoms with van der Waals surface area (Å²) < 4.78 is 0. The molecule has 0 bridgehead atoms. The Bertz CT molecular complexity index is 535. The SMILES string of the molecule is CC(/C=C/C1C(C)C(O)CCC1(C)C)=C\C=C\C(C)=C\C(=O)O. The highest BCUT2D eigenvalue weighted by Crippen LogP contribution is 2.44. The predicted molar refractivity (Wildman–Crippen MR) is 95.1 cm³/mol. The van der Waals surface area contributed by atoms with Crippen LogP contribution in [0.3, 0.4) is 0 Å². The van der Waals surface area contributed by atoms with Crippen molar-refractivity contribution < 1.29 is 15.0 Å². The normalized spacial score (nSPS) is 29.4. The lowest BCUT2D eigenvalue weighted by Gasteiger charge is -2.44. The van der Waals surface area contributed by atoms with Crippen molar-refractivity contribution in [2.45, 2.75) is 53.6 Å². The second-order valence-corrected chi connectivity index (χ2v) is 7.34. The lowest BCUT2D eigenvalue weighted by Crippen LogP contribution is -2.40. The Labute approximate surface area is 140 Å². The van der Waals surface area contributed by atoms with Gasteiger partial charge in [0, 0.05) is 6.08 Å². The number of aliphatic hydroxyl groups excluding tert-OH is 1. The van der Waals surface area contributed by atoms with E-state index in [2.05, 4.69) is 32.9 Å². The first kappa shape index (κ1) is 19.4. The highest BCUT2D eigenvalue weighted by molar-refractivity contribution is 5.81. The van der Waals surface area contributed by atoms with E-state index < -0.39 is 5.97 Å². The van der Waals surface area contributed by atoms with Crippen molar-refractivity contribution in [3.63, 3.8) is 0 Å². The maximum absolute atomic E-state index is 10.5. The highest BCUT2D eigenvalue weighted by Gasteiger charge is 2.39. The number of aliphatic hydroxyl groups is 1. The second kappa shape index (κ2) is 8.30. The van der Waals surface area contributed by atoms with Gasteiger partial charge in [0.2, 0.25) is 0 Å². The summed E-state index contributed by atoms with van der Waals surface area (Å²) in [4.78, 5) is 10.5. The smallest absolute Gasteiger partial charge is 0.328 e. The Morgan fingerprint density at radius 3 is 2.43 bits per heavy atom. The minimum atomic E-state index is -0.931. The van der Waals surface area contributed by atoms with Gasteiger partial charge in [0.1, 0.15) is 0 Å². The Morgan fingerprint density at radius 1 is 1.17 bits per heavy atom. The standard InChI is InChI=1S/C20H30O3/c1-14(7-6-8-15(2)13-19(22)23)9-10-17-16(3)18(21)11-12-20(17,4)5/h6-10,13,16-18,21H,11-12H2,1-5H3,(H,22,23)/b8-6+,10-9+,14-7+,15-13+. The molecule has 128 valence electrons. The fraction of sp³-hybridized carbons (Fsp3) is 0.550. The van der Waals surface area contributed by atoms with Crippen LogP contribution in [0, 0.1) is 17.3 Å². The molecule has 3 atom stereocenters. The third kappa shape index (κ3) is 6.19. The van der Waals surface area contributed by atoms with Gasteiger partial charge in [-0.05, 0) is 49.5 Å². The molecule has 0 amide bonds. The van der Waals surface area contributed by atoms with Gasteiger partial charge in [-0.2, -0.15) is 0 Å². The number of hydrogen-bond acceptors (Lipinski definition) is 2. The van der Waals surface area contributed by atoms with Gasteiger partial charge >= 0.3 is 5.97 Å². The van der Waals surface area contributed by atoms with Gasteiger partial charge in [0.15, 0.2) is 0 Å².